The van der Waals surface area contributed by atoms with Crippen LogP contribution in [0.3, 0.4) is 0 Å². The number of carbonyl (C=O) groups is 1. The highest BCUT2D eigenvalue weighted by atomic mass is 16.5. The lowest BCUT2D eigenvalue weighted by molar-refractivity contribution is 0.0166. The average Bonchev–Trinajstić information content (AvgIpc) is 3.14. The lowest BCUT2D eigenvalue weighted by Crippen LogP contribution is -2.27. The number of rotatable bonds is 14. The number of carbonyl (C=O) groups excluding carboxylic acids is 1. The van der Waals surface area contributed by atoms with Crippen LogP contribution in [0.1, 0.15) is 27.4 Å². The zero-order valence-electron chi connectivity index (χ0n) is 17.9. The molecule has 0 heterocycles. The highest BCUT2D eigenvalue weighted by molar-refractivity contribution is 5.96. The van der Waals surface area contributed by atoms with E-state index in [0.29, 0.717) is 58.3 Å². The molecule has 170 valence electrons. The molecule has 1 aliphatic carbocycles. The quantitative estimate of drug-likeness (QED) is 0.202. The smallest absolute Gasteiger partial charge is 0.251 e. The van der Waals surface area contributed by atoms with Crippen molar-refractivity contribution >= 4 is 5.91 Å². The monoisotopic (exact) mass is 440 g/mol. The Morgan fingerprint density at radius 2 is 1.66 bits per heavy atom. The summed E-state index contributed by atoms with van der Waals surface area (Å²) in [5.41, 5.74) is 13.0. The third kappa shape index (κ3) is 6.29. The summed E-state index contributed by atoms with van der Waals surface area (Å²) in [7, 11) is 0. The van der Waals surface area contributed by atoms with E-state index in [2.05, 4.69) is 15.3 Å². The topological polar surface area (TPSA) is 126 Å². The molecule has 9 heteroatoms. The van der Waals surface area contributed by atoms with E-state index in [0.717, 1.165) is 22.3 Å². The third-order valence-electron chi connectivity index (χ3n) is 5.17. The molecule has 0 spiro atoms. The Hall–Kier alpha value is -2.94. The largest absolute Gasteiger partial charge is 0.395 e. The second-order valence-corrected chi connectivity index (χ2v) is 7.17. The maximum atomic E-state index is 12.5. The molecule has 2 N–H and O–H groups in total. The van der Waals surface area contributed by atoms with E-state index in [9.17, 15) is 9.90 Å². The summed E-state index contributed by atoms with van der Waals surface area (Å²) in [5, 5.41) is 16.1. The number of ether oxygens (including phenoxy) is 3. The molecular formula is C23H28N4O5. The predicted octanol–water partition coefficient (Wildman–Crippen LogP) is 2.88. The molecule has 0 aliphatic heterocycles. The number of aliphatic hydroxyl groups is 1. The fourth-order valence-corrected chi connectivity index (χ4v) is 3.68. The minimum atomic E-state index is -0.168. The number of nitrogens with zero attached hydrogens (tertiary/aromatic N) is 3. The number of aliphatic hydroxyl groups excluding tert-OH is 1. The lowest BCUT2D eigenvalue weighted by Gasteiger charge is -2.11. The van der Waals surface area contributed by atoms with Crippen molar-refractivity contribution in [3.63, 3.8) is 0 Å². The molecular weight excluding hydrogens is 412 g/mol. The van der Waals surface area contributed by atoms with Gasteiger partial charge in [-0.2, -0.15) is 0 Å². The van der Waals surface area contributed by atoms with Gasteiger partial charge in [0, 0.05) is 29.5 Å². The van der Waals surface area contributed by atoms with Gasteiger partial charge in [-0.1, -0.05) is 35.4 Å². The standard InChI is InChI=1S/C23H28N4O5/c24-27-26-8-10-31-12-14-32-13-11-30-9-7-25-23(29)17-5-6-20-18-3-1-2-4-19(18)22(16-28)21(20)15-17/h1-6,15,22,28H,7-14,16H2,(H,25,29). The van der Waals surface area contributed by atoms with Crippen LogP contribution in [0, 0.1) is 0 Å². The SMILES string of the molecule is [N-]=[N+]=NCCOCCOCCOCCNC(=O)c1ccc2c(c1)C(CO)c1ccccc1-2. The van der Waals surface area contributed by atoms with Crippen molar-refractivity contribution in [3.05, 3.63) is 69.6 Å². The van der Waals surface area contributed by atoms with Crippen LogP contribution >= 0.6 is 0 Å². The van der Waals surface area contributed by atoms with Gasteiger partial charge in [0.05, 0.1) is 46.2 Å². The molecule has 2 aromatic rings. The molecule has 1 unspecified atom stereocenters. The summed E-state index contributed by atoms with van der Waals surface area (Å²) in [4.78, 5) is 15.2. The Kier molecular flexibility index (Phi) is 9.49. The summed E-state index contributed by atoms with van der Waals surface area (Å²) in [5.74, 6) is -0.271. The summed E-state index contributed by atoms with van der Waals surface area (Å²) >= 11 is 0. The van der Waals surface area contributed by atoms with Gasteiger partial charge < -0.3 is 24.6 Å². The highest BCUT2D eigenvalue weighted by Gasteiger charge is 2.28. The first-order valence-electron chi connectivity index (χ1n) is 10.6. The maximum Gasteiger partial charge on any atom is 0.251 e. The van der Waals surface area contributed by atoms with E-state index in [-0.39, 0.29) is 18.4 Å². The molecule has 0 saturated heterocycles. The molecule has 0 fully saturated rings. The average molecular weight is 441 g/mol. The molecule has 0 radical (unpaired) electrons. The molecule has 3 rings (SSSR count). The first-order chi connectivity index (χ1) is 15.8. The van der Waals surface area contributed by atoms with Crippen LogP contribution in [0.5, 0.6) is 0 Å². The van der Waals surface area contributed by atoms with Gasteiger partial charge in [0.1, 0.15) is 0 Å². The highest BCUT2D eigenvalue weighted by Crippen LogP contribution is 2.44. The Labute approximate surface area is 186 Å². The van der Waals surface area contributed by atoms with Gasteiger partial charge in [-0.15, -0.1) is 0 Å². The van der Waals surface area contributed by atoms with Gasteiger partial charge in [0.2, 0.25) is 0 Å². The molecule has 0 bridgehead atoms. The van der Waals surface area contributed by atoms with E-state index in [1.165, 1.54) is 0 Å². The first kappa shape index (κ1) is 23.7. The van der Waals surface area contributed by atoms with Crippen LogP contribution in [0.4, 0.5) is 0 Å². The van der Waals surface area contributed by atoms with Gasteiger partial charge in [0.15, 0.2) is 0 Å². The van der Waals surface area contributed by atoms with Crippen molar-refractivity contribution < 1.29 is 24.1 Å². The molecule has 1 atom stereocenters. The minimum absolute atomic E-state index is 0.00681. The molecule has 0 aromatic heterocycles. The van der Waals surface area contributed by atoms with Gasteiger partial charge in [-0.3, -0.25) is 4.79 Å². The molecule has 9 nitrogen and oxygen atoms in total. The lowest BCUT2D eigenvalue weighted by atomic mass is 9.96. The van der Waals surface area contributed by atoms with Crippen molar-refractivity contribution in [2.75, 3.05) is 59.3 Å². The van der Waals surface area contributed by atoms with Crippen LogP contribution in [0.15, 0.2) is 47.6 Å². The van der Waals surface area contributed by atoms with Crippen LogP contribution < -0.4 is 5.32 Å². The van der Waals surface area contributed by atoms with Crippen LogP contribution in [0.2, 0.25) is 0 Å². The zero-order chi connectivity index (χ0) is 22.6. The Balaban J connectivity index is 1.33. The van der Waals surface area contributed by atoms with Crippen molar-refractivity contribution in [2.45, 2.75) is 5.92 Å². The second-order valence-electron chi connectivity index (χ2n) is 7.17. The van der Waals surface area contributed by atoms with E-state index >= 15 is 0 Å². The summed E-state index contributed by atoms with van der Waals surface area (Å²) < 4.78 is 16.0. The Morgan fingerprint density at radius 3 is 2.41 bits per heavy atom. The Bertz CT molecular complexity index is 946. The first-order valence-corrected chi connectivity index (χ1v) is 10.6. The van der Waals surface area contributed by atoms with Crippen molar-refractivity contribution in [3.8, 4) is 11.1 Å². The van der Waals surface area contributed by atoms with Gasteiger partial charge >= 0.3 is 0 Å². The van der Waals surface area contributed by atoms with Gasteiger partial charge in [0.25, 0.3) is 5.91 Å². The summed E-state index contributed by atoms with van der Waals surface area (Å²) in [6.07, 6.45) is 0. The number of nitrogens with one attached hydrogen (secondary N) is 1. The van der Waals surface area contributed by atoms with Gasteiger partial charge in [-0.05, 0) is 39.9 Å². The zero-order valence-corrected chi connectivity index (χ0v) is 17.9. The van der Waals surface area contributed by atoms with Crippen LogP contribution in [-0.4, -0.2) is 70.4 Å². The fourth-order valence-electron chi connectivity index (χ4n) is 3.68. The fraction of sp³-hybridized carbons (Fsp3) is 0.435. The number of amides is 1. The second kappa shape index (κ2) is 12.8. The number of benzene rings is 2. The maximum absolute atomic E-state index is 12.5. The van der Waals surface area contributed by atoms with Crippen molar-refractivity contribution in [2.24, 2.45) is 5.11 Å². The number of hydrogen-bond donors (Lipinski definition) is 2. The molecule has 2 aromatic carbocycles. The number of azide groups is 1. The third-order valence-corrected chi connectivity index (χ3v) is 5.17. The van der Waals surface area contributed by atoms with Gasteiger partial charge in [-0.25, -0.2) is 0 Å². The normalized spacial score (nSPS) is 13.8. The van der Waals surface area contributed by atoms with Crippen molar-refractivity contribution in [1.29, 1.82) is 0 Å². The van der Waals surface area contributed by atoms with Crippen molar-refractivity contribution in [1.82, 2.24) is 5.32 Å². The molecule has 0 saturated carbocycles. The summed E-state index contributed by atoms with van der Waals surface area (Å²) in [6.45, 7) is 3.19. The predicted molar refractivity (Wildman–Crippen MR) is 120 cm³/mol. The molecule has 32 heavy (non-hydrogen) atoms. The van der Waals surface area contributed by atoms with E-state index in [1.54, 1.807) is 0 Å². The number of hydrogen-bond acceptors (Lipinski definition) is 6. The van der Waals surface area contributed by atoms with Crippen LogP contribution in [0.25, 0.3) is 21.6 Å². The van der Waals surface area contributed by atoms with E-state index in [4.69, 9.17) is 19.7 Å². The van der Waals surface area contributed by atoms with E-state index in [1.807, 2.05) is 42.5 Å². The minimum Gasteiger partial charge on any atom is -0.395 e. The summed E-state index contributed by atoms with van der Waals surface area (Å²) in [6, 6.07) is 13.7. The van der Waals surface area contributed by atoms with E-state index < -0.39 is 0 Å². The molecule has 1 aliphatic rings. The number of fused-ring (bicyclic) bond motifs is 3. The molecule has 1 amide bonds. The van der Waals surface area contributed by atoms with Crippen LogP contribution in [-0.2, 0) is 14.2 Å². The Morgan fingerprint density at radius 1 is 0.969 bits per heavy atom.